The normalized spacial score (nSPS) is 23.0. The zero-order chi connectivity index (χ0) is 18.9. The van der Waals surface area contributed by atoms with E-state index in [0.29, 0.717) is 23.6 Å². The number of aryl methyl sites for hydroxylation is 1. The Morgan fingerprint density at radius 3 is 2.69 bits per heavy atom. The maximum atomic E-state index is 13.2. The van der Waals surface area contributed by atoms with Crippen LogP contribution in [-0.2, 0) is 11.2 Å². The number of carboxylic acid groups (broad SMARTS) is 1. The molecule has 0 radical (unpaired) electrons. The number of nitrogens with zero attached hydrogens (tertiary/aromatic N) is 3. The van der Waals surface area contributed by atoms with Crippen molar-refractivity contribution < 1.29 is 19.4 Å². The Bertz CT molecular complexity index is 794. The number of benzene rings is 1. The van der Waals surface area contributed by atoms with E-state index in [1.54, 1.807) is 30.0 Å². The molecule has 1 aromatic carbocycles. The highest BCUT2D eigenvalue weighted by atomic mass is 19.1. The van der Waals surface area contributed by atoms with Crippen molar-refractivity contribution in [1.82, 2.24) is 9.97 Å². The number of carbonyl (C=O) groups is 1. The van der Waals surface area contributed by atoms with Crippen LogP contribution < -0.4 is 10.6 Å². The van der Waals surface area contributed by atoms with Crippen LogP contribution in [0, 0.1) is 18.2 Å². The van der Waals surface area contributed by atoms with Gasteiger partial charge in [-0.15, -0.1) is 0 Å². The molecule has 2 heterocycles. The van der Waals surface area contributed by atoms with Gasteiger partial charge in [-0.25, -0.2) is 9.37 Å². The Kier molecular flexibility index (Phi) is 4.78. The summed E-state index contributed by atoms with van der Waals surface area (Å²) in [6, 6.07) is 7.38. The van der Waals surface area contributed by atoms with Gasteiger partial charge in [0.1, 0.15) is 17.1 Å². The lowest BCUT2D eigenvalue weighted by molar-refractivity contribution is -0.157. The number of hydrogen-bond acceptors (Lipinski definition) is 6. The van der Waals surface area contributed by atoms with E-state index in [9.17, 15) is 19.4 Å². The van der Waals surface area contributed by atoms with E-state index in [2.05, 4.69) is 9.97 Å². The number of aromatic nitrogens is 2. The van der Waals surface area contributed by atoms with E-state index in [-0.39, 0.29) is 25.3 Å². The maximum absolute atomic E-state index is 13.2. The van der Waals surface area contributed by atoms with Crippen LogP contribution in [0.2, 0.25) is 0 Å². The molecule has 2 atom stereocenters. The highest BCUT2D eigenvalue weighted by Crippen LogP contribution is 2.36. The number of halogens is 1. The lowest BCUT2D eigenvalue weighted by Gasteiger charge is -2.44. The molecule has 1 aromatic heterocycles. The third-order valence-electron chi connectivity index (χ3n) is 4.82. The Morgan fingerprint density at radius 2 is 2.08 bits per heavy atom. The number of hydrogen-bond donors (Lipinski definition) is 3. The summed E-state index contributed by atoms with van der Waals surface area (Å²) in [5.74, 6) is -0.842. The number of nitrogens with two attached hydrogens (primary N) is 1. The Morgan fingerprint density at radius 1 is 1.38 bits per heavy atom. The van der Waals surface area contributed by atoms with Gasteiger partial charge in [0.25, 0.3) is 0 Å². The molecule has 1 aliphatic rings. The highest BCUT2D eigenvalue weighted by molar-refractivity contribution is 5.77. The average Bonchev–Trinajstić information content (AvgIpc) is 2.58. The summed E-state index contributed by atoms with van der Waals surface area (Å²) in [5.41, 5.74) is 5.61. The van der Waals surface area contributed by atoms with Gasteiger partial charge >= 0.3 is 5.97 Å². The van der Waals surface area contributed by atoms with Crippen LogP contribution >= 0.6 is 0 Å². The summed E-state index contributed by atoms with van der Waals surface area (Å²) in [7, 11) is 0. The molecule has 138 valence electrons. The van der Waals surface area contributed by atoms with Crippen LogP contribution in [0.5, 0.6) is 0 Å². The van der Waals surface area contributed by atoms with Crippen LogP contribution in [0.15, 0.2) is 30.3 Å². The monoisotopic (exact) mass is 360 g/mol. The van der Waals surface area contributed by atoms with E-state index in [1.165, 1.54) is 12.1 Å². The van der Waals surface area contributed by atoms with E-state index in [4.69, 9.17) is 5.73 Å². The Hall–Kier alpha value is -2.74. The van der Waals surface area contributed by atoms with Crippen LogP contribution in [0.3, 0.4) is 0 Å². The van der Waals surface area contributed by atoms with E-state index >= 15 is 0 Å². The van der Waals surface area contributed by atoms with E-state index in [0.717, 1.165) is 0 Å². The molecule has 3 rings (SSSR count). The standard InChI is InChI=1S/C18H21FN4O3/c1-11-8-15(22-17(20)21-11)23-7-6-14(24)18(10-23,16(25)26)9-12-2-4-13(19)5-3-12/h2-5,8,14,24H,6-7,9-10H2,1H3,(H,25,26)(H2,20,21,22)/t14-,18+/m0/s1. The van der Waals surface area contributed by atoms with Crippen molar-refractivity contribution in [1.29, 1.82) is 0 Å². The third-order valence-corrected chi connectivity index (χ3v) is 4.82. The van der Waals surface area contributed by atoms with Crippen molar-refractivity contribution in [2.24, 2.45) is 5.41 Å². The second-order valence-corrected chi connectivity index (χ2v) is 6.72. The third kappa shape index (κ3) is 3.45. The summed E-state index contributed by atoms with van der Waals surface area (Å²) in [6.07, 6.45) is -0.669. The summed E-state index contributed by atoms with van der Waals surface area (Å²) in [5, 5.41) is 20.5. The summed E-state index contributed by atoms with van der Waals surface area (Å²) in [6.45, 7) is 2.30. The molecule has 0 amide bonds. The van der Waals surface area contributed by atoms with Gasteiger partial charge in [-0.2, -0.15) is 4.98 Å². The van der Waals surface area contributed by atoms with Crippen molar-refractivity contribution in [2.75, 3.05) is 23.7 Å². The zero-order valence-corrected chi connectivity index (χ0v) is 14.4. The van der Waals surface area contributed by atoms with Crippen LogP contribution in [-0.4, -0.2) is 45.3 Å². The second kappa shape index (κ2) is 6.87. The minimum absolute atomic E-state index is 0.0662. The lowest BCUT2D eigenvalue weighted by atomic mass is 9.73. The number of aliphatic hydroxyl groups excluding tert-OH is 1. The minimum atomic E-state index is -1.43. The first-order valence-electron chi connectivity index (χ1n) is 8.32. The summed E-state index contributed by atoms with van der Waals surface area (Å²) >= 11 is 0. The molecule has 0 bridgehead atoms. The fraction of sp³-hybridized carbons (Fsp3) is 0.389. The highest BCUT2D eigenvalue weighted by Gasteiger charge is 2.49. The zero-order valence-electron chi connectivity index (χ0n) is 14.4. The smallest absolute Gasteiger partial charge is 0.314 e. The molecule has 1 fully saturated rings. The van der Waals surface area contributed by atoms with Crippen molar-refractivity contribution in [3.05, 3.63) is 47.4 Å². The SMILES string of the molecule is Cc1cc(N2CC[C@H](O)[C@](Cc3ccc(F)cc3)(C(=O)O)C2)nc(N)n1. The summed E-state index contributed by atoms with van der Waals surface area (Å²) in [4.78, 5) is 22.2. The predicted molar refractivity (Wildman–Crippen MR) is 94.2 cm³/mol. The van der Waals surface area contributed by atoms with Gasteiger partial charge in [-0.05, 0) is 37.5 Å². The average molecular weight is 360 g/mol. The molecular formula is C18H21FN4O3. The Balaban J connectivity index is 1.94. The molecule has 0 spiro atoms. The predicted octanol–water partition coefficient (Wildman–Crippen LogP) is 1.39. The first kappa shape index (κ1) is 18.1. The quantitative estimate of drug-likeness (QED) is 0.755. The molecule has 0 aliphatic carbocycles. The lowest BCUT2D eigenvalue weighted by Crippen LogP contribution is -2.57. The molecule has 2 aromatic rings. The van der Waals surface area contributed by atoms with Gasteiger partial charge < -0.3 is 20.8 Å². The van der Waals surface area contributed by atoms with Gasteiger partial charge in [0, 0.05) is 24.8 Å². The van der Waals surface area contributed by atoms with Gasteiger partial charge in [-0.1, -0.05) is 12.1 Å². The molecule has 1 saturated heterocycles. The first-order valence-corrected chi connectivity index (χ1v) is 8.32. The second-order valence-electron chi connectivity index (χ2n) is 6.72. The molecule has 8 heteroatoms. The topological polar surface area (TPSA) is 113 Å². The van der Waals surface area contributed by atoms with Crippen molar-refractivity contribution in [3.63, 3.8) is 0 Å². The fourth-order valence-electron chi connectivity index (χ4n) is 3.44. The van der Waals surface area contributed by atoms with Crippen molar-refractivity contribution in [3.8, 4) is 0 Å². The largest absolute Gasteiger partial charge is 0.481 e. The van der Waals surface area contributed by atoms with Crippen molar-refractivity contribution >= 4 is 17.7 Å². The number of anilines is 2. The molecule has 1 aliphatic heterocycles. The maximum Gasteiger partial charge on any atom is 0.314 e. The molecule has 0 saturated carbocycles. The molecule has 0 unspecified atom stereocenters. The van der Waals surface area contributed by atoms with E-state index in [1.807, 2.05) is 0 Å². The van der Waals surface area contributed by atoms with Gasteiger partial charge in [0.15, 0.2) is 0 Å². The van der Waals surface area contributed by atoms with Gasteiger partial charge in [0.2, 0.25) is 5.95 Å². The van der Waals surface area contributed by atoms with Gasteiger partial charge in [0.05, 0.1) is 6.10 Å². The number of piperidine rings is 1. The number of aliphatic hydroxyl groups is 1. The molecule has 26 heavy (non-hydrogen) atoms. The molecular weight excluding hydrogens is 339 g/mol. The fourth-order valence-corrected chi connectivity index (χ4v) is 3.44. The summed E-state index contributed by atoms with van der Waals surface area (Å²) < 4.78 is 13.2. The molecule has 7 nitrogen and oxygen atoms in total. The van der Waals surface area contributed by atoms with E-state index < -0.39 is 23.3 Å². The number of carboxylic acids is 1. The Labute approximate surface area is 150 Å². The minimum Gasteiger partial charge on any atom is -0.481 e. The number of aliphatic carboxylic acids is 1. The number of rotatable bonds is 4. The first-order chi connectivity index (χ1) is 12.3. The van der Waals surface area contributed by atoms with Crippen LogP contribution in [0.25, 0.3) is 0 Å². The molecule has 4 N–H and O–H groups in total. The van der Waals surface area contributed by atoms with Crippen LogP contribution in [0.4, 0.5) is 16.2 Å². The number of nitrogen functional groups attached to an aromatic ring is 1. The van der Waals surface area contributed by atoms with Gasteiger partial charge in [-0.3, -0.25) is 4.79 Å². The van der Waals surface area contributed by atoms with Crippen LogP contribution in [0.1, 0.15) is 17.7 Å². The van der Waals surface area contributed by atoms with Crippen molar-refractivity contribution in [2.45, 2.75) is 25.9 Å².